The molecule has 0 bridgehead atoms. The minimum absolute atomic E-state index is 0.0223. The van der Waals surface area contributed by atoms with E-state index < -0.39 is 15.7 Å². The van der Waals surface area contributed by atoms with Crippen molar-refractivity contribution in [2.75, 3.05) is 16.9 Å². The van der Waals surface area contributed by atoms with Gasteiger partial charge in [-0.2, -0.15) is 0 Å². The van der Waals surface area contributed by atoms with Crippen LogP contribution in [-0.2, 0) is 9.84 Å². The van der Waals surface area contributed by atoms with Crippen molar-refractivity contribution in [1.82, 2.24) is 10.3 Å². The van der Waals surface area contributed by atoms with Crippen LogP contribution in [0.3, 0.4) is 0 Å². The van der Waals surface area contributed by atoms with Crippen molar-refractivity contribution in [3.8, 4) is 0 Å². The van der Waals surface area contributed by atoms with Gasteiger partial charge >= 0.3 is 0 Å². The van der Waals surface area contributed by atoms with E-state index in [2.05, 4.69) is 31.7 Å². The summed E-state index contributed by atoms with van der Waals surface area (Å²) in [6.07, 6.45) is 2.72. The second kappa shape index (κ2) is 6.06. The molecule has 0 aromatic carbocycles. The van der Waals surface area contributed by atoms with E-state index >= 15 is 0 Å². The van der Waals surface area contributed by atoms with E-state index in [-0.39, 0.29) is 28.9 Å². The van der Waals surface area contributed by atoms with Crippen molar-refractivity contribution >= 4 is 37.5 Å². The zero-order chi connectivity index (χ0) is 14.8. The SMILES string of the molecule is NNc1ncc(Br)cc1C(=O)NC1CCCS(=O)(=O)C1. The maximum atomic E-state index is 12.2. The first-order chi connectivity index (χ1) is 9.41. The van der Waals surface area contributed by atoms with Crippen molar-refractivity contribution in [3.63, 3.8) is 0 Å². The summed E-state index contributed by atoms with van der Waals surface area (Å²) in [5.74, 6) is 5.32. The molecule has 0 aliphatic carbocycles. The lowest BCUT2D eigenvalue weighted by molar-refractivity contribution is 0.0938. The summed E-state index contributed by atoms with van der Waals surface area (Å²) in [5.41, 5.74) is 2.61. The number of nitrogens with two attached hydrogens (primary N) is 1. The minimum Gasteiger partial charge on any atom is -0.348 e. The van der Waals surface area contributed by atoms with Crippen LogP contribution in [0.5, 0.6) is 0 Å². The van der Waals surface area contributed by atoms with E-state index in [1.807, 2.05) is 0 Å². The van der Waals surface area contributed by atoms with Gasteiger partial charge in [-0.25, -0.2) is 19.2 Å². The molecule has 1 atom stereocenters. The number of nitrogen functional groups attached to an aromatic ring is 1. The number of amides is 1. The Bertz CT molecular complexity index is 620. The van der Waals surface area contributed by atoms with Crippen LogP contribution in [0.25, 0.3) is 0 Å². The second-order valence-electron chi connectivity index (χ2n) is 4.62. The zero-order valence-electron chi connectivity index (χ0n) is 10.6. The summed E-state index contributed by atoms with van der Waals surface area (Å²) in [6.45, 7) is 0. The first-order valence-corrected chi connectivity index (χ1v) is 8.66. The van der Waals surface area contributed by atoms with Gasteiger partial charge < -0.3 is 10.7 Å². The van der Waals surface area contributed by atoms with Crippen molar-refractivity contribution in [2.24, 2.45) is 5.84 Å². The van der Waals surface area contributed by atoms with Gasteiger partial charge in [0.05, 0.1) is 17.1 Å². The van der Waals surface area contributed by atoms with Crippen LogP contribution in [0.15, 0.2) is 16.7 Å². The topological polar surface area (TPSA) is 114 Å². The Morgan fingerprint density at radius 1 is 1.50 bits per heavy atom. The molecule has 1 saturated heterocycles. The summed E-state index contributed by atoms with van der Waals surface area (Å²) in [4.78, 5) is 16.2. The van der Waals surface area contributed by atoms with Gasteiger partial charge in [0, 0.05) is 16.7 Å². The molecule has 1 aliphatic heterocycles. The Labute approximate surface area is 125 Å². The summed E-state index contributed by atoms with van der Waals surface area (Å²) in [6, 6.07) is 1.21. The van der Waals surface area contributed by atoms with Crippen molar-refractivity contribution in [2.45, 2.75) is 18.9 Å². The lowest BCUT2D eigenvalue weighted by Crippen LogP contribution is -2.43. The van der Waals surface area contributed by atoms with E-state index in [0.29, 0.717) is 17.3 Å². The van der Waals surface area contributed by atoms with E-state index in [0.717, 1.165) is 0 Å². The number of carbonyl (C=O) groups is 1. The third kappa shape index (κ3) is 3.68. The van der Waals surface area contributed by atoms with Gasteiger partial charge in [-0.05, 0) is 34.8 Å². The first kappa shape index (κ1) is 15.2. The average molecular weight is 363 g/mol. The third-order valence-corrected chi connectivity index (χ3v) is 5.29. The Morgan fingerprint density at radius 3 is 2.90 bits per heavy atom. The number of carbonyl (C=O) groups excluding carboxylic acids is 1. The number of aromatic nitrogens is 1. The maximum absolute atomic E-state index is 12.2. The molecule has 0 radical (unpaired) electrons. The van der Waals surface area contributed by atoms with Crippen LogP contribution in [-0.4, -0.2) is 36.9 Å². The number of pyridine rings is 1. The number of nitrogens with zero attached hydrogens (tertiary/aromatic N) is 1. The van der Waals surface area contributed by atoms with Gasteiger partial charge in [-0.1, -0.05) is 0 Å². The fourth-order valence-electron chi connectivity index (χ4n) is 2.13. The quantitative estimate of drug-likeness (QED) is 0.530. The Hall–Kier alpha value is -1.19. The highest BCUT2D eigenvalue weighted by Crippen LogP contribution is 2.18. The van der Waals surface area contributed by atoms with Gasteiger partial charge in [0.1, 0.15) is 0 Å². The molecule has 0 saturated carbocycles. The Morgan fingerprint density at radius 2 is 2.25 bits per heavy atom. The molecule has 7 nitrogen and oxygen atoms in total. The monoisotopic (exact) mass is 362 g/mol. The predicted molar refractivity (Wildman–Crippen MR) is 78.9 cm³/mol. The normalized spacial score (nSPS) is 21.2. The molecule has 1 aliphatic rings. The van der Waals surface area contributed by atoms with Crippen molar-refractivity contribution in [1.29, 1.82) is 0 Å². The van der Waals surface area contributed by atoms with Crippen LogP contribution < -0.4 is 16.6 Å². The van der Waals surface area contributed by atoms with Crippen LogP contribution in [0.4, 0.5) is 5.82 Å². The van der Waals surface area contributed by atoms with Gasteiger partial charge in [-0.3, -0.25) is 4.79 Å². The van der Waals surface area contributed by atoms with Crippen molar-refractivity contribution in [3.05, 3.63) is 22.3 Å². The number of hydrogen-bond acceptors (Lipinski definition) is 6. The number of halogens is 1. The molecule has 9 heteroatoms. The van der Waals surface area contributed by atoms with Gasteiger partial charge in [0.15, 0.2) is 15.7 Å². The summed E-state index contributed by atoms with van der Waals surface area (Å²) in [5, 5.41) is 2.72. The van der Waals surface area contributed by atoms with Gasteiger partial charge in [0.2, 0.25) is 0 Å². The second-order valence-corrected chi connectivity index (χ2v) is 7.77. The standard InChI is InChI=1S/C11H15BrN4O3S/c12-7-4-9(10(16-13)14-5-7)11(17)15-8-2-1-3-20(18,19)6-8/h4-5,8H,1-3,6,13H2,(H,14,16)(H,15,17). The molecule has 20 heavy (non-hydrogen) atoms. The zero-order valence-corrected chi connectivity index (χ0v) is 13.0. The van der Waals surface area contributed by atoms with Crippen LogP contribution >= 0.6 is 15.9 Å². The molecular formula is C11H15BrN4O3S. The van der Waals surface area contributed by atoms with E-state index in [9.17, 15) is 13.2 Å². The largest absolute Gasteiger partial charge is 0.348 e. The Kier molecular flexibility index (Phi) is 4.61. The highest BCUT2D eigenvalue weighted by Gasteiger charge is 2.26. The van der Waals surface area contributed by atoms with Crippen LogP contribution in [0.1, 0.15) is 23.2 Å². The maximum Gasteiger partial charge on any atom is 0.255 e. The summed E-state index contributed by atoms with van der Waals surface area (Å²) < 4.78 is 23.7. The fourth-order valence-corrected chi connectivity index (χ4v) is 4.09. The summed E-state index contributed by atoms with van der Waals surface area (Å²) in [7, 11) is -3.06. The number of rotatable bonds is 3. The van der Waals surface area contributed by atoms with E-state index in [1.165, 1.54) is 6.20 Å². The molecule has 1 amide bonds. The lowest BCUT2D eigenvalue weighted by atomic mass is 10.1. The molecule has 1 aromatic rings. The van der Waals surface area contributed by atoms with Gasteiger partial charge in [-0.15, -0.1) is 0 Å². The fraction of sp³-hybridized carbons (Fsp3) is 0.455. The Balaban J connectivity index is 2.14. The minimum atomic E-state index is -3.06. The van der Waals surface area contributed by atoms with E-state index in [1.54, 1.807) is 6.07 Å². The highest BCUT2D eigenvalue weighted by atomic mass is 79.9. The molecule has 2 heterocycles. The molecule has 1 fully saturated rings. The number of anilines is 1. The van der Waals surface area contributed by atoms with Crippen LogP contribution in [0.2, 0.25) is 0 Å². The number of hydrazine groups is 1. The predicted octanol–water partition coefficient (Wildman–Crippen LogP) is 0.437. The smallest absolute Gasteiger partial charge is 0.255 e. The molecule has 2 rings (SSSR count). The lowest BCUT2D eigenvalue weighted by Gasteiger charge is -2.23. The number of sulfone groups is 1. The average Bonchev–Trinajstić information content (AvgIpc) is 2.37. The highest BCUT2D eigenvalue weighted by molar-refractivity contribution is 9.10. The van der Waals surface area contributed by atoms with Crippen LogP contribution in [0, 0.1) is 0 Å². The molecular weight excluding hydrogens is 348 g/mol. The van der Waals surface area contributed by atoms with E-state index in [4.69, 9.17) is 5.84 Å². The molecule has 110 valence electrons. The molecule has 4 N–H and O–H groups in total. The number of hydrogen-bond donors (Lipinski definition) is 3. The first-order valence-electron chi connectivity index (χ1n) is 6.05. The third-order valence-electron chi connectivity index (χ3n) is 3.03. The van der Waals surface area contributed by atoms with Crippen molar-refractivity contribution < 1.29 is 13.2 Å². The number of nitrogens with one attached hydrogen (secondary N) is 2. The molecule has 0 spiro atoms. The van der Waals surface area contributed by atoms with Gasteiger partial charge in [0.25, 0.3) is 5.91 Å². The molecule has 1 aromatic heterocycles. The molecule has 1 unspecified atom stereocenters. The summed E-state index contributed by atoms with van der Waals surface area (Å²) >= 11 is 3.23.